The van der Waals surface area contributed by atoms with Crippen molar-refractivity contribution >= 4 is 22.3 Å². The maximum atomic E-state index is 4.71. The Morgan fingerprint density at radius 3 is 2.64 bits per heavy atom. The summed E-state index contributed by atoms with van der Waals surface area (Å²) in [5.74, 6) is 0. The molecule has 0 aliphatic carbocycles. The van der Waals surface area contributed by atoms with Crippen LogP contribution in [0, 0.1) is 0 Å². The van der Waals surface area contributed by atoms with Gasteiger partial charge in [-0.2, -0.15) is 0 Å². The largest absolute Gasteiger partial charge is 0.339 e. The summed E-state index contributed by atoms with van der Waals surface area (Å²) in [5, 5.41) is 0. The van der Waals surface area contributed by atoms with Crippen LogP contribution in [0.25, 0.3) is 16.6 Å². The minimum atomic E-state index is 0.270. The van der Waals surface area contributed by atoms with E-state index >= 15 is 0 Å². The van der Waals surface area contributed by atoms with E-state index in [1.165, 1.54) is 27.8 Å². The number of aliphatic imine (C=N–C) groups is 1. The number of hydrogen-bond acceptors (Lipinski definition) is 2. The topological polar surface area (TPSA) is 30.2 Å². The Bertz CT molecular complexity index is 977. The Morgan fingerprint density at radius 2 is 1.88 bits per heavy atom. The number of pyridine rings is 1. The lowest BCUT2D eigenvalue weighted by Crippen LogP contribution is -2.09. The van der Waals surface area contributed by atoms with Crippen LogP contribution in [0.3, 0.4) is 0 Å². The van der Waals surface area contributed by atoms with Crippen molar-refractivity contribution in [2.75, 3.05) is 6.54 Å². The van der Waals surface area contributed by atoms with Crippen LogP contribution >= 0.6 is 0 Å². The third kappa shape index (κ3) is 2.80. The monoisotopic (exact) mass is 329 g/mol. The van der Waals surface area contributed by atoms with Crippen molar-refractivity contribution in [3.63, 3.8) is 0 Å². The van der Waals surface area contributed by atoms with Crippen molar-refractivity contribution in [3.8, 4) is 0 Å². The van der Waals surface area contributed by atoms with E-state index in [-0.39, 0.29) is 6.04 Å². The molecule has 3 heterocycles. The summed E-state index contributed by atoms with van der Waals surface area (Å²) in [6, 6.07) is 15.2. The maximum absolute atomic E-state index is 4.71. The second-order valence-corrected chi connectivity index (χ2v) is 6.81. The van der Waals surface area contributed by atoms with Gasteiger partial charge >= 0.3 is 0 Å². The zero-order chi connectivity index (χ0) is 17.4. The second kappa shape index (κ2) is 6.32. The third-order valence-corrected chi connectivity index (χ3v) is 5.18. The number of benzene rings is 1. The van der Waals surface area contributed by atoms with Gasteiger partial charge in [-0.3, -0.25) is 9.98 Å². The average Bonchev–Trinajstić information content (AvgIpc) is 3.05. The first kappa shape index (κ1) is 15.8. The van der Waals surface area contributed by atoms with Gasteiger partial charge < -0.3 is 4.57 Å². The van der Waals surface area contributed by atoms with E-state index in [9.17, 15) is 0 Å². The minimum Gasteiger partial charge on any atom is -0.339 e. The molecule has 25 heavy (non-hydrogen) atoms. The smallest absolute Gasteiger partial charge is 0.0881 e. The molecule has 2 aromatic heterocycles. The predicted octanol–water partition coefficient (Wildman–Crippen LogP) is 5.28. The molecular weight excluding hydrogens is 306 g/mol. The quantitative estimate of drug-likeness (QED) is 0.642. The Morgan fingerprint density at radius 1 is 1.08 bits per heavy atom. The molecule has 0 saturated carbocycles. The van der Waals surface area contributed by atoms with Crippen molar-refractivity contribution in [1.29, 1.82) is 0 Å². The van der Waals surface area contributed by atoms with Crippen molar-refractivity contribution in [1.82, 2.24) is 9.55 Å². The number of nitrogens with zero attached hydrogens (tertiary/aromatic N) is 3. The summed E-state index contributed by atoms with van der Waals surface area (Å²) >= 11 is 0. The zero-order valence-electron chi connectivity index (χ0n) is 15.0. The first-order valence-corrected chi connectivity index (χ1v) is 8.88. The molecule has 0 spiro atoms. The molecule has 0 N–H and O–H groups in total. The van der Waals surface area contributed by atoms with Crippen LogP contribution in [-0.2, 0) is 0 Å². The minimum absolute atomic E-state index is 0.270. The van der Waals surface area contributed by atoms with Crippen LogP contribution in [0.5, 0.6) is 0 Å². The van der Waals surface area contributed by atoms with Gasteiger partial charge in [0.1, 0.15) is 0 Å². The number of dihydropyridines is 1. The fourth-order valence-electron chi connectivity index (χ4n) is 3.76. The Labute approximate surface area is 148 Å². The summed E-state index contributed by atoms with van der Waals surface area (Å²) < 4.78 is 2.31. The lowest BCUT2D eigenvalue weighted by Gasteiger charge is -2.19. The first-order chi connectivity index (χ1) is 12.1. The van der Waals surface area contributed by atoms with Gasteiger partial charge in [0.25, 0.3) is 0 Å². The Balaban J connectivity index is 1.82. The maximum Gasteiger partial charge on any atom is 0.0881 e. The predicted molar refractivity (Wildman–Crippen MR) is 105 cm³/mol. The van der Waals surface area contributed by atoms with Crippen molar-refractivity contribution in [2.45, 2.75) is 33.2 Å². The molecule has 0 amide bonds. The first-order valence-electron chi connectivity index (χ1n) is 8.88. The highest BCUT2D eigenvalue weighted by Gasteiger charge is 2.16. The van der Waals surface area contributed by atoms with Crippen LogP contribution in [0.4, 0.5) is 0 Å². The van der Waals surface area contributed by atoms with Gasteiger partial charge in [0, 0.05) is 35.8 Å². The summed E-state index contributed by atoms with van der Waals surface area (Å²) in [5.41, 5.74) is 8.48. The van der Waals surface area contributed by atoms with E-state index in [1.807, 2.05) is 6.20 Å². The fraction of sp³-hybridized carbons (Fsp3) is 0.273. The number of allylic oxidation sites excluding steroid dienone is 1. The van der Waals surface area contributed by atoms with Gasteiger partial charge in [0.05, 0.1) is 17.1 Å². The van der Waals surface area contributed by atoms with Crippen LogP contribution in [-0.4, -0.2) is 21.8 Å². The highest BCUT2D eigenvalue weighted by atomic mass is 15.0. The zero-order valence-corrected chi connectivity index (χ0v) is 15.0. The molecule has 3 aromatic rings. The highest BCUT2D eigenvalue weighted by molar-refractivity contribution is 6.24. The van der Waals surface area contributed by atoms with E-state index < -0.39 is 0 Å². The third-order valence-electron chi connectivity index (χ3n) is 5.18. The lowest BCUT2D eigenvalue weighted by atomic mass is 9.94. The molecule has 1 aromatic carbocycles. The summed E-state index contributed by atoms with van der Waals surface area (Å²) in [6.45, 7) is 7.45. The van der Waals surface area contributed by atoms with Gasteiger partial charge in [-0.25, -0.2) is 0 Å². The van der Waals surface area contributed by atoms with Crippen LogP contribution < -0.4 is 0 Å². The van der Waals surface area contributed by atoms with Crippen molar-refractivity contribution in [2.24, 2.45) is 4.99 Å². The standard InChI is InChI=1S/C22H23N3/c1-15-9-11-23-16(2)22(15)19-13-21-20(24-14-19)10-12-25(21)17(3)18-7-5-4-6-8-18/h4-8,10,12-14,17H,9,11H2,1-3H3. The molecule has 1 aliphatic heterocycles. The van der Waals surface area contributed by atoms with Crippen molar-refractivity contribution in [3.05, 3.63) is 71.6 Å². The van der Waals surface area contributed by atoms with E-state index in [1.54, 1.807) is 0 Å². The second-order valence-electron chi connectivity index (χ2n) is 6.81. The molecule has 0 fully saturated rings. The summed E-state index contributed by atoms with van der Waals surface area (Å²) in [7, 11) is 0. The molecule has 0 saturated heterocycles. The van der Waals surface area contributed by atoms with Gasteiger partial charge in [-0.15, -0.1) is 0 Å². The highest BCUT2D eigenvalue weighted by Crippen LogP contribution is 2.30. The molecule has 0 bridgehead atoms. The molecule has 4 rings (SSSR count). The molecule has 126 valence electrons. The summed E-state index contributed by atoms with van der Waals surface area (Å²) in [6.07, 6.45) is 5.16. The number of rotatable bonds is 3. The van der Waals surface area contributed by atoms with E-state index in [4.69, 9.17) is 4.98 Å². The molecule has 1 aliphatic rings. The number of aromatic nitrogens is 2. The van der Waals surface area contributed by atoms with Crippen LogP contribution in [0.1, 0.15) is 44.4 Å². The molecular formula is C22H23N3. The molecule has 3 nitrogen and oxygen atoms in total. The van der Waals surface area contributed by atoms with Gasteiger partial charge in [-0.1, -0.05) is 35.9 Å². The number of fused-ring (bicyclic) bond motifs is 1. The van der Waals surface area contributed by atoms with Gasteiger partial charge in [-0.05, 0) is 44.9 Å². The fourth-order valence-corrected chi connectivity index (χ4v) is 3.76. The Hall–Kier alpha value is -2.68. The number of hydrogen-bond donors (Lipinski definition) is 0. The van der Waals surface area contributed by atoms with Crippen LogP contribution in [0.15, 0.2) is 65.4 Å². The SMILES string of the molecule is CC1=NCCC(C)=C1c1cnc2ccn(C(C)c3ccccc3)c2c1. The Kier molecular flexibility index (Phi) is 4.00. The van der Waals surface area contributed by atoms with Gasteiger partial charge in [0.2, 0.25) is 0 Å². The molecule has 1 atom stereocenters. The van der Waals surface area contributed by atoms with Gasteiger partial charge in [0.15, 0.2) is 0 Å². The lowest BCUT2D eigenvalue weighted by molar-refractivity contribution is 0.664. The molecule has 3 heteroatoms. The van der Waals surface area contributed by atoms with Crippen LogP contribution in [0.2, 0.25) is 0 Å². The van der Waals surface area contributed by atoms with E-state index in [2.05, 4.69) is 79.0 Å². The molecule has 1 unspecified atom stereocenters. The van der Waals surface area contributed by atoms with E-state index in [0.29, 0.717) is 0 Å². The summed E-state index contributed by atoms with van der Waals surface area (Å²) in [4.78, 5) is 9.35. The van der Waals surface area contributed by atoms with E-state index in [0.717, 1.165) is 24.2 Å². The van der Waals surface area contributed by atoms with Crippen molar-refractivity contribution < 1.29 is 0 Å². The molecule has 0 radical (unpaired) electrons. The average molecular weight is 329 g/mol. The normalized spacial score (nSPS) is 16.2.